The third-order valence-electron chi connectivity index (χ3n) is 5.60. The van der Waals surface area contributed by atoms with Crippen LogP contribution in [0.25, 0.3) is 0 Å². The number of anilines is 1. The third-order valence-corrected chi connectivity index (χ3v) is 5.82. The molecular formula is C26H19ClF3N7O4. The topological polar surface area (TPSA) is 147 Å². The van der Waals surface area contributed by atoms with E-state index in [1.165, 1.54) is 30.7 Å². The number of nitriles is 1. The molecule has 0 radical (unpaired) electrons. The summed E-state index contributed by atoms with van der Waals surface area (Å²) in [5, 5.41) is 27.7. The van der Waals surface area contributed by atoms with Gasteiger partial charge in [-0.25, -0.2) is 14.8 Å². The van der Waals surface area contributed by atoms with Crippen molar-refractivity contribution in [3.05, 3.63) is 88.1 Å². The molecule has 0 bridgehead atoms. The van der Waals surface area contributed by atoms with Gasteiger partial charge < -0.3 is 14.7 Å². The number of aromatic nitrogens is 5. The van der Waals surface area contributed by atoms with E-state index < -0.39 is 46.9 Å². The van der Waals surface area contributed by atoms with Gasteiger partial charge in [0.1, 0.15) is 23.1 Å². The molecule has 0 aliphatic carbocycles. The minimum absolute atomic E-state index is 0.0531. The van der Waals surface area contributed by atoms with Crippen molar-refractivity contribution in [3.8, 4) is 17.7 Å². The normalized spacial score (nSPS) is 11.3. The van der Waals surface area contributed by atoms with Crippen LogP contribution in [0.2, 0.25) is 5.02 Å². The Morgan fingerprint density at radius 2 is 1.85 bits per heavy atom. The van der Waals surface area contributed by atoms with E-state index in [4.69, 9.17) is 16.3 Å². The van der Waals surface area contributed by atoms with Gasteiger partial charge in [-0.05, 0) is 49.7 Å². The summed E-state index contributed by atoms with van der Waals surface area (Å²) in [6, 6.07) is 6.66. The van der Waals surface area contributed by atoms with Crippen LogP contribution in [0.5, 0.6) is 11.6 Å². The lowest BCUT2D eigenvalue weighted by molar-refractivity contribution is -0.139. The zero-order valence-electron chi connectivity index (χ0n) is 21.3. The number of ether oxygens (including phenoxy) is 1. The standard InChI is InChI=1S/C26H19ClF3N7O4/c1-14(2)37(24(38)20-4-3-17(27)12-32-20)21-8-16(10-31)22(9-18(21)25(39)40)41-23-19(26(28,29)30)7-15(11-33-23)13-36-34-5-6-35-36/h3-9,11-12,14H,13H2,1-2H3,(H,39,40). The summed E-state index contributed by atoms with van der Waals surface area (Å²) in [7, 11) is 0. The Balaban J connectivity index is 1.79. The van der Waals surface area contributed by atoms with Crippen LogP contribution < -0.4 is 9.64 Å². The summed E-state index contributed by atoms with van der Waals surface area (Å²) in [5.74, 6) is -3.63. The Hall–Kier alpha value is -5.03. The largest absolute Gasteiger partial charge is 0.478 e. The first-order valence-electron chi connectivity index (χ1n) is 11.7. The maximum absolute atomic E-state index is 14.0. The van der Waals surface area contributed by atoms with Gasteiger partial charge in [0, 0.05) is 18.4 Å². The number of benzene rings is 1. The van der Waals surface area contributed by atoms with Gasteiger partial charge in [-0.2, -0.15) is 33.4 Å². The van der Waals surface area contributed by atoms with Crippen molar-refractivity contribution >= 4 is 29.2 Å². The molecule has 0 saturated carbocycles. The van der Waals surface area contributed by atoms with Crippen LogP contribution in [0.1, 0.15) is 51.4 Å². The van der Waals surface area contributed by atoms with Gasteiger partial charge in [0.2, 0.25) is 5.88 Å². The fourth-order valence-electron chi connectivity index (χ4n) is 3.82. The van der Waals surface area contributed by atoms with Crippen LogP contribution in [0, 0.1) is 11.3 Å². The van der Waals surface area contributed by atoms with E-state index >= 15 is 0 Å². The number of pyridine rings is 2. The molecule has 3 aromatic heterocycles. The van der Waals surface area contributed by atoms with E-state index in [-0.39, 0.29) is 34.1 Å². The lowest BCUT2D eigenvalue weighted by atomic mass is 10.0. The van der Waals surface area contributed by atoms with Crippen LogP contribution in [-0.4, -0.2) is 48.0 Å². The predicted octanol–water partition coefficient (Wildman–Crippen LogP) is 5.21. The number of rotatable bonds is 8. The number of alkyl halides is 3. The molecule has 0 atom stereocenters. The zero-order chi connectivity index (χ0) is 29.9. The minimum atomic E-state index is -4.91. The highest BCUT2D eigenvalue weighted by atomic mass is 35.5. The molecule has 0 saturated heterocycles. The number of halogens is 4. The van der Waals surface area contributed by atoms with E-state index in [0.717, 1.165) is 34.1 Å². The maximum atomic E-state index is 14.0. The van der Waals surface area contributed by atoms with Crippen molar-refractivity contribution in [1.29, 1.82) is 5.26 Å². The Kier molecular flexibility index (Phi) is 8.20. The molecule has 41 heavy (non-hydrogen) atoms. The first kappa shape index (κ1) is 29.0. The van der Waals surface area contributed by atoms with Crippen molar-refractivity contribution in [3.63, 3.8) is 0 Å². The summed E-state index contributed by atoms with van der Waals surface area (Å²) in [6.45, 7) is 3.11. The van der Waals surface area contributed by atoms with Gasteiger partial charge in [-0.15, -0.1) is 0 Å². The van der Waals surface area contributed by atoms with Crippen molar-refractivity contribution < 1.29 is 32.6 Å². The Morgan fingerprint density at radius 1 is 1.15 bits per heavy atom. The quantitative estimate of drug-likeness (QED) is 0.294. The summed E-state index contributed by atoms with van der Waals surface area (Å²) < 4.78 is 47.3. The highest BCUT2D eigenvalue weighted by molar-refractivity contribution is 6.30. The molecule has 3 heterocycles. The fraction of sp³-hybridized carbons (Fsp3) is 0.192. The number of hydrogen-bond donors (Lipinski definition) is 1. The number of carbonyl (C=O) groups is 2. The van der Waals surface area contributed by atoms with Crippen molar-refractivity contribution in [1.82, 2.24) is 25.0 Å². The van der Waals surface area contributed by atoms with E-state index in [1.807, 2.05) is 0 Å². The van der Waals surface area contributed by atoms with Crippen LogP contribution in [0.3, 0.4) is 0 Å². The predicted molar refractivity (Wildman–Crippen MR) is 138 cm³/mol. The molecule has 1 aromatic carbocycles. The number of hydrogen-bond acceptors (Lipinski definition) is 8. The summed E-state index contributed by atoms with van der Waals surface area (Å²) >= 11 is 5.85. The number of carbonyl (C=O) groups excluding carboxylic acids is 1. The second kappa shape index (κ2) is 11.6. The molecule has 0 spiro atoms. The second-order valence-corrected chi connectivity index (χ2v) is 9.21. The molecular weight excluding hydrogens is 567 g/mol. The van der Waals surface area contributed by atoms with Gasteiger partial charge in [0.15, 0.2) is 0 Å². The number of nitrogens with zero attached hydrogens (tertiary/aromatic N) is 7. The second-order valence-electron chi connectivity index (χ2n) is 8.77. The van der Waals surface area contributed by atoms with E-state index in [9.17, 15) is 33.1 Å². The first-order valence-corrected chi connectivity index (χ1v) is 12.1. The average molecular weight is 586 g/mol. The molecule has 11 nitrogen and oxygen atoms in total. The minimum Gasteiger partial charge on any atom is -0.478 e. The molecule has 4 rings (SSSR count). The third kappa shape index (κ3) is 6.42. The van der Waals surface area contributed by atoms with Crippen LogP contribution >= 0.6 is 11.6 Å². The first-order chi connectivity index (χ1) is 19.4. The Morgan fingerprint density at radius 3 is 2.41 bits per heavy atom. The van der Waals surface area contributed by atoms with Crippen molar-refractivity contribution in [2.24, 2.45) is 0 Å². The average Bonchev–Trinajstić information content (AvgIpc) is 3.42. The summed E-state index contributed by atoms with van der Waals surface area (Å²) in [4.78, 5) is 35.6. The SMILES string of the molecule is CC(C)N(C(=O)c1ccc(Cl)cn1)c1cc(C#N)c(Oc2ncc(Cn3nccn3)cc2C(F)(F)F)cc1C(=O)O. The zero-order valence-corrected chi connectivity index (χ0v) is 22.1. The Labute approximate surface area is 235 Å². The number of carboxylic acid groups (broad SMARTS) is 1. The van der Waals surface area contributed by atoms with Gasteiger partial charge in [0.25, 0.3) is 5.91 Å². The maximum Gasteiger partial charge on any atom is 0.421 e. The highest BCUT2D eigenvalue weighted by Gasteiger charge is 2.37. The van der Waals surface area contributed by atoms with Crippen LogP contribution in [-0.2, 0) is 12.7 Å². The number of aromatic carboxylic acids is 1. The lowest BCUT2D eigenvalue weighted by Gasteiger charge is -2.28. The fourth-order valence-corrected chi connectivity index (χ4v) is 3.93. The Bertz CT molecular complexity index is 1640. The number of amides is 1. The number of carboxylic acids is 1. The lowest BCUT2D eigenvalue weighted by Crippen LogP contribution is -2.38. The summed E-state index contributed by atoms with van der Waals surface area (Å²) in [5.41, 5.74) is -2.24. The van der Waals surface area contributed by atoms with E-state index in [0.29, 0.717) is 0 Å². The molecule has 1 amide bonds. The van der Waals surface area contributed by atoms with Crippen molar-refractivity contribution in [2.45, 2.75) is 32.6 Å². The van der Waals surface area contributed by atoms with Crippen molar-refractivity contribution in [2.75, 3.05) is 4.90 Å². The monoisotopic (exact) mass is 585 g/mol. The van der Waals surface area contributed by atoms with E-state index in [1.54, 1.807) is 19.9 Å². The van der Waals surface area contributed by atoms with Gasteiger partial charge in [-0.3, -0.25) is 4.79 Å². The molecule has 1 N–H and O–H groups in total. The molecule has 0 fully saturated rings. The molecule has 210 valence electrons. The van der Waals surface area contributed by atoms with Gasteiger partial charge >= 0.3 is 12.1 Å². The molecule has 0 aliphatic heterocycles. The van der Waals surface area contributed by atoms with E-state index in [2.05, 4.69) is 20.2 Å². The molecule has 0 aliphatic rings. The highest BCUT2D eigenvalue weighted by Crippen LogP contribution is 2.40. The molecule has 4 aromatic rings. The molecule has 0 unspecified atom stereocenters. The van der Waals surface area contributed by atoms with Crippen LogP contribution in [0.15, 0.2) is 55.1 Å². The molecule has 15 heteroatoms. The van der Waals surface area contributed by atoms with Crippen LogP contribution in [0.4, 0.5) is 18.9 Å². The van der Waals surface area contributed by atoms with Gasteiger partial charge in [0.05, 0.1) is 40.8 Å². The summed E-state index contributed by atoms with van der Waals surface area (Å²) in [6.07, 6.45) is 0.172. The smallest absolute Gasteiger partial charge is 0.421 e. The van der Waals surface area contributed by atoms with Gasteiger partial charge in [-0.1, -0.05) is 11.6 Å².